The average Bonchev–Trinajstić information content (AvgIpc) is 3.34. The summed E-state index contributed by atoms with van der Waals surface area (Å²) in [5.74, 6) is -1.85. The minimum Gasteiger partial charge on any atom is -0.472 e. The number of hydrogen-bond acceptors (Lipinski definition) is 4. The van der Waals surface area contributed by atoms with E-state index in [1.54, 1.807) is 11.4 Å². The third-order valence-corrected chi connectivity index (χ3v) is 4.70. The molecule has 0 aliphatic rings. The van der Waals surface area contributed by atoms with Gasteiger partial charge in [-0.3, -0.25) is 9.36 Å². The zero-order valence-electron chi connectivity index (χ0n) is 13.8. The summed E-state index contributed by atoms with van der Waals surface area (Å²) in [7, 11) is 0. The molecule has 27 heavy (non-hydrogen) atoms. The summed E-state index contributed by atoms with van der Waals surface area (Å²) in [6.07, 6.45) is 2.74. The van der Waals surface area contributed by atoms with Crippen LogP contribution < -0.4 is 4.80 Å². The lowest BCUT2D eigenvalue weighted by Gasteiger charge is -2.06. The Hall–Kier alpha value is -3.32. The quantitative estimate of drug-likeness (QED) is 0.500. The molecule has 0 aliphatic heterocycles. The number of carbonyl (C=O) groups excluding carboxylic acids is 1. The van der Waals surface area contributed by atoms with Crippen molar-refractivity contribution < 1.29 is 18.0 Å². The summed E-state index contributed by atoms with van der Waals surface area (Å²) in [5, 5.41) is 1.77. The van der Waals surface area contributed by atoms with Gasteiger partial charge in [0.1, 0.15) is 17.8 Å². The zero-order valence-corrected chi connectivity index (χ0v) is 14.6. The number of carbonyl (C=O) groups is 1. The monoisotopic (exact) mass is 382 g/mol. The van der Waals surface area contributed by atoms with Gasteiger partial charge < -0.3 is 4.42 Å². The summed E-state index contributed by atoms with van der Waals surface area (Å²) in [4.78, 5) is 17.5. The van der Waals surface area contributed by atoms with Crippen molar-refractivity contribution in [2.24, 2.45) is 4.99 Å². The second-order valence-corrected chi connectivity index (χ2v) is 6.47. The number of nitrogens with zero attached hydrogens (tertiary/aromatic N) is 2. The van der Waals surface area contributed by atoms with E-state index in [2.05, 4.69) is 4.99 Å². The van der Waals surface area contributed by atoms with E-state index in [-0.39, 0.29) is 16.4 Å². The smallest absolute Gasteiger partial charge is 0.267 e. The van der Waals surface area contributed by atoms with Crippen molar-refractivity contribution >= 4 is 22.9 Å². The fraction of sp³-hybridized carbons (Fsp3) is 0. The van der Waals surface area contributed by atoms with Crippen LogP contribution in [0.2, 0.25) is 0 Å². The molecular formula is C20H12F2N2O2S. The van der Waals surface area contributed by atoms with Crippen molar-refractivity contribution in [3.63, 3.8) is 0 Å². The number of hydrogen-bond donors (Lipinski definition) is 0. The van der Waals surface area contributed by atoms with E-state index in [9.17, 15) is 13.6 Å². The molecule has 0 saturated carbocycles. The van der Waals surface area contributed by atoms with Gasteiger partial charge in [-0.05, 0) is 23.8 Å². The highest BCUT2D eigenvalue weighted by Crippen LogP contribution is 2.23. The van der Waals surface area contributed by atoms with Gasteiger partial charge in [-0.2, -0.15) is 0 Å². The largest absolute Gasteiger partial charge is 0.472 e. The lowest BCUT2D eigenvalue weighted by molar-refractivity contribution is 0.0958. The van der Waals surface area contributed by atoms with Gasteiger partial charge in [0.25, 0.3) is 5.91 Å². The van der Waals surface area contributed by atoms with Gasteiger partial charge in [-0.1, -0.05) is 30.3 Å². The summed E-state index contributed by atoms with van der Waals surface area (Å²) in [6.45, 7) is 0. The summed E-state index contributed by atoms with van der Waals surface area (Å²) in [6, 6.07) is 14.0. The van der Waals surface area contributed by atoms with Crippen molar-refractivity contribution in [1.29, 1.82) is 0 Å². The van der Waals surface area contributed by atoms with E-state index in [4.69, 9.17) is 4.42 Å². The normalized spacial score (nSPS) is 11.7. The molecule has 2 aromatic heterocycles. The summed E-state index contributed by atoms with van der Waals surface area (Å²) >= 11 is 1.19. The fourth-order valence-electron chi connectivity index (χ4n) is 2.59. The summed E-state index contributed by atoms with van der Waals surface area (Å²) < 4.78 is 33.6. The van der Waals surface area contributed by atoms with E-state index in [0.717, 1.165) is 17.7 Å². The van der Waals surface area contributed by atoms with Crippen molar-refractivity contribution in [2.45, 2.75) is 0 Å². The highest BCUT2D eigenvalue weighted by atomic mass is 32.1. The molecule has 2 heterocycles. The van der Waals surface area contributed by atoms with Gasteiger partial charge in [-0.25, -0.2) is 13.8 Å². The molecule has 0 bridgehead atoms. The lowest BCUT2D eigenvalue weighted by Crippen LogP contribution is -2.24. The number of furan rings is 1. The zero-order chi connectivity index (χ0) is 18.8. The molecule has 2 aromatic carbocycles. The van der Waals surface area contributed by atoms with E-state index in [1.165, 1.54) is 34.5 Å². The van der Waals surface area contributed by atoms with Crippen molar-refractivity contribution in [1.82, 2.24) is 4.57 Å². The molecule has 7 heteroatoms. The third kappa shape index (κ3) is 3.37. The van der Waals surface area contributed by atoms with Crippen LogP contribution in [0.25, 0.3) is 11.3 Å². The molecule has 0 saturated heterocycles. The number of benzene rings is 2. The Morgan fingerprint density at radius 1 is 1.07 bits per heavy atom. The summed E-state index contributed by atoms with van der Waals surface area (Å²) in [5.41, 5.74) is 1.72. The van der Waals surface area contributed by atoms with Gasteiger partial charge >= 0.3 is 0 Å². The molecule has 0 fully saturated rings. The Labute approximate surface area is 156 Å². The van der Waals surface area contributed by atoms with Crippen LogP contribution in [-0.4, -0.2) is 10.5 Å². The van der Waals surface area contributed by atoms with Crippen LogP contribution >= 0.6 is 11.3 Å². The van der Waals surface area contributed by atoms with E-state index in [1.807, 2.05) is 30.3 Å². The van der Waals surface area contributed by atoms with Crippen LogP contribution in [-0.2, 0) is 0 Å². The Bertz CT molecular complexity index is 1160. The first-order valence-electron chi connectivity index (χ1n) is 7.96. The number of thiazole rings is 1. The van der Waals surface area contributed by atoms with E-state index < -0.39 is 11.6 Å². The van der Waals surface area contributed by atoms with E-state index >= 15 is 0 Å². The first-order chi connectivity index (χ1) is 13.1. The first-order valence-corrected chi connectivity index (χ1v) is 8.84. The topological polar surface area (TPSA) is 47.5 Å². The molecule has 4 rings (SSSR count). The maximum atomic E-state index is 14.0. The first kappa shape index (κ1) is 17.1. The molecule has 0 amide bonds. The third-order valence-electron chi connectivity index (χ3n) is 3.87. The Balaban J connectivity index is 1.93. The highest BCUT2D eigenvalue weighted by Gasteiger charge is 2.18. The Morgan fingerprint density at radius 3 is 2.59 bits per heavy atom. The van der Waals surface area contributed by atoms with Crippen molar-refractivity contribution in [2.75, 3.05) is 0 Å². The maximum Gasteiger partial charge on any atom is 0.267 e. The SMILES string of the molecule is O=C(c1ccoc1)n1c(-c2ccccc2)csc1=Nc1ccc(F)cc1F. The molecule has 0 aliphatic carbocycles. The van der Waals surface area contributed by atoms with Crippen LogP contribution in [0.1, 0.15) is 10.4 Å². The lowest BCUT2D eigenvalue weighted by atomic mass is 10.1. The minimum atomic E-state index is -0.799. The molecule has 0 radical (unpaired) electrons. The highest BCUT2D eigenvalue weighted by molar-refractivity contribution is 7.07. The van der Waals surface area contributed by atoms with Crippen LogP contribution in [0.15, 0.2) is 81.9 Å². The molecular weight excluding hydrogens is 370 g/mol. The van der Waals surface area contributed by atoms with Gasteiger partial charge in [0, 0.05) is 11.4 Å². The van der Waals surface area contributed by atoms with E-state index in [0.29, 0.717) is 11.3 Å². The van der Waals surface area contributed by atoms with Crippen LogP contribution in [0.4, 0.5) is 14.5 Å². The standard InChI is InChI=1S/C20H12F2N2O2S/c21-15-6-7-17(16(22)10-15)23-20-24(19(25)14-8-9-26-11-14)18(12-27-20)13-4-2-1-3-5-13/h1-12H. The molecule has 0 N–H and O–H groups in total. The second-order valence-electron chi connectivity index (χ2n) is 5.63. The fourth-order valence-corrected chi connectivity index (χ4v) is 3.48. The number of halogens is 2. The van der Waals surface area contributed by atoms with Crippen LogP contribution in [0, 0.1) is 11.6 Å². The average molecular weight is 382 g/mol. The minimum absolute atomic E-state index is 0.0494. The Morgan fingerprint density at radius 2 is 1.89 bits per heavy atom. The van der Waals surface area contributed by atoms with Gasteiger partial charge in [0.05, 0.1) is 17.5 Å². The van der Waals surface area contributed by atoms with Crippen LogP contribution in [0.3, 0.4) is 0 Å². The number of aromatic nitrogens is 1. The molecule has 0 atom stereocenters. The van der Waals surface area contributed by atoms with Gasteiger partial charge in [0.15, 0.2) is 10.6 Å². The predicted molar refractivity (Wildman–Crippen MR) is 97.8 cm³/mol. The molecule has 4 nitrogen and oxygen atoms in total. The molecule has 0 unspecified atom stereocenters. The molecule has 0 spiro atoms. The molecule has 134 valence electrons. The Kier molecular flexibility index (Phi) is 4.52. The van der Waals surface area contributed by atoms with Crippen LogP contribution in [0.5, 0.6) is 0 Å². The van der Waals surface area contributed by atoms with Gasteiger partial charge in [-0.15, -0.1) is 11.3 Å². The maximum absolute atomic E-state index is 14.0. The molecule has 4 aromatic rings. The second kappa shape index (κ2) is 7.13. The van der Waals surface area contributed by atoms with Crippen molar-refractivity contribution in [3.8, 4) is 11.3 Å². The van der Waals surface area contributed by atoms with Crippen molar-refractivity contribution in [3.05, 3.63) is 94.5 Å². The number of rotatable bonds is 3. The predicted octanol–water partition coefficient (Wildman–Crippen LogP) is 5.01. The van der Waals surface area contributed by atoms with Gasteiger partial charge in [0.2, 0.25) is 0 Å².